The molecule has 1 unspecified atom stereocenters. The van der Waals surface area contributed by atoms with Crippen LogP contribution >= 0.6 is 11.6 Å². The van der Waals surface area contributed by atoms with E-state index in [0.29, 0.717) is 48.4 Å². The lowest BCUT2D eigenvalue weighted by Gasteiger charge is -2.31. The Hall–Kier alpha value is -2.28. The fraction of sp³-hybridized carbons (Fsp3) is 0.381. The average molecular weight is 407 g/mol. The second-order valence-electron chi connectivity index (χ2n) is 7.07. The Bertz CT molecular complexity index is 780. The fourth-order valence-electron chi connectivity index (χ4n) is 3.48. The molecule has 1 fully saturated rings. The Morgan fingerprint density at radius 1 is 1.07 bits per heavy atom. The molecule has 0 amide bonds. The van der Waals surface area contributed by atoms with E-state index in [0.717, 1.165) is 12.8 Å². The van der Waals surface area contributed by atoms with Gasteiger partial charge in [0, 0.05) is 24.3 Å². The molecule has 3 rings (SSSR count). The van der Waals surface area contributed by atoms with Crippen molar-refractivity contribution >= 4 is 17.6 Å². The van der Waals surface area contributed by atoms with Crippen LogP contribution in [0.1, 0.15) is 25.7 Å². The third-order valence-electron chi connectivity index (χ3n) is 5.01. The van der Waals surface area contributed by atoms with Crippen LogP contribution in [0.15, 0.2) is 48.5 Å². The molecule has 7 heteroatoms. The number of nitrogens with zero attached hydrogens (tertiary/aromatic N) is 1. The lowest BCUT2D eigenvalue weighted by atomic mass is 10.2. The van der Waals surface area contributed by atoms with Crippen LogP contribution in [0.3, 0.4) is 0 Å². The number of ether oxygens (including phenoxy) is 2. The molecule has 0 aliphatic carbocycles. The van der Waals surface area contributed by atoms with Crippen LogP contribution in [-0.2, 0) is 4.79 Å². The van der Waals surface area contributed by atoms with Crippen molar-refractivity contribution < 1.29 is 29.2 Å². The molecule has 2 N–H and O–H groups in total. The van der Waals surface area contributed by atoms with E-state index in [1.165, 1.54) is 0 Å². The molecular weight excluding hydrogens is 382 g/mol. The topological polar surface area (TPSA) is 76.0 Å². The fourth-order valence-corrected chi connectivity index (χ4v) is 3.61. The van der Waals surface area contributed by atoms with Gasteiger partial charge in [-0.05, 0) is 48.5 Å². The minimum Gasteiger partial charge on any atom is -0.487 e. The standard InChI is InChI=1S/C21H24ClNO5/c22-16-5-7-19(8-6-16)28-20-11-9-18(10-12-20)27-15-17-3-1-13-23(17,26)14-2-4-21(24)25/h5-12,17,26H,1-4,13-15H2/p+1/t17-,23?/m0/s1. The molecule has 0 saturated carbocycles. The first-order valence-corrected chi connectivity index (χ1v) is 9.80. The van der Waals surface area contributed by atoms with Crippen LogP contribution < -0.4 is 9.47 Å². The largest absolute Gasteiger partial charge is 0.487 e. The number of likely N-dealkylation sites (tertiary alicyclic amines) is 1. The lowest BCUT2D eigenvalue weighted by Crippen LogP contribution is -2.51. The van der Waals surface area contributed by atoms with Gasteiger partial charge >= 0.3 is 5.97 Å². The van der Waals surface area contributed by atoms with Crippen LogP contribution in [0.2, 0.25) is 5.02 Å². The Labute approximate surface area is 169 Å². The summed E-state index contributed by atoms with van der Waals surface area (Å²) in [5.41, 5.74) is 0. The third kappa shape index (κ3) is 5.61. The zero-order valence-electron chi connectivity index (χ0n) is 15.6. The zero-order valence-corrected chi connectivity index (χ0v) is 16.3. The molecule has 0 aromatic heterocycles. The molecule has 2 atom stereocenters. The van der Waals surface area contributed by atoms with E-state index in [1.807, 2.05) is 24.3 Å². The number of aliphatic carboxylic acids is 1. The highest BCUT2D eigenvalue weighted by Gasteiger charge is 2.41. The summed E-state index contributed by atoms with van der Waals surface area (Å²) < 4.78 is 11.5. The van der Waals surface area contributed by atoms with E-state index < -0.39 is 5.97 Å². The maximum atomic E-state index is 10.8. The van der Waals surface area contributed by atoms with E-state index in [1.54, 1.807) is 24.3 Å². The normalized spacial score (nSPS) is 21.4. The minimum atomic E-state index is -0.834. The number of quaternary nitrogens is 1. The van der Waals surface area contributed by atoms with Crippen molar-refractivity contribution in [2.75, 3.05) is 19.7 Å². The SMILES string of the molecule is O=C(O)CCC[N+]1(O)CCC[C@H]1COc1ccc(Oc2ccc(Cl)cc2)cc1. The molecule has 0 spiro atoms. The van der Waals surface area contributed by atoms with Gasteiger partial charge < -0.3 is 14.6 Å². The van der Waals surface area contributed by atoms with Gasteiger partial charge in [0.15, 0.2) is 6.04 Å². The summed E-state index contributed by atoms with van der Waals surface area (Å²) >= 11 is 5.87. The Kier molecular flexibility index (Phi) is 6.78. The van der Waals surface area contributed by atoms with E-state index in [2.05, 4.69) is 0 Å². The maximum absolute atomic E-state index is 10.8. The summed E-state index contributed by atoms with van der Waals surface area (Å²) in [4.78, 5) is 10.7. The summed E-state index contributed by atoms with van der Waals surface area (Å²) in [6.45, 7) is 1.47. The number of hydrogen-bond acceptors (Lipinski definition) is 4. The monoisotopic (exact) mass is 406 g/mol. The molecule has 1 saturated heterocycles. The van der Waals surface area contributed by atoms with E-state index in [-0.39, 0.29) is 17.1 Å². The maximum Gasteiger partial charge on any atom is 0.303 e. The van der Waals surface area contributed by atoms with Gasteiger partial charge in [0.1, 0.15) is 36.9 Å². The molecule has 2 aromatic rings. The third-order valence-corrected chi connectivity index (χ3v) is 5.27. The number of carboxylic acid groups (broad SMARTS) is 1. The van der Waals surface area contributed by atoms with Gasteiger partial charge in [-0.15, -0.1) is 0 Å². The van der Waals surface area contributed by atoms with Crippen LogP contribution in [-0.4, -0.2) is 46.7 Å². The number of hydrogen-bond donors (Lipinski definition) is 2. The van der Waals surface area contributed by atoms with Gasteiger partial charge in [0.25, 0.3) is 0 Å². The van der Waals surface area contributed by atoms with E-state index in [9.17, 15) is 10.0 Å². The molecule has 6 nitrogen and oxygen atoms in total. The van der Waals surface area contributed by atoms with Gasteiger partial charge in [0.2, 0.25) is 0 Å². The van der Waals surface area contributed by atoms with Gasteiger partial charge in [-0.3, -0.25) is 4.79 Å². The molecular formula is C21H25ClNO5+. The van der Waals surface area contributed by atoms with Gasteiger partial charge in [0.05, 0.1) is 6.42 Å². The number of benzene rings is 2. The molecule has 0 radical (unpaired) electrons. The molecule has 1 aliphatic heterocycles. The molecule has 28 heavy (non-hydrogen) atoms. The number of carboxylic acids is 1. The van der Waals surface area contributed by atoms with Crippen LogP contribution in [0.25, 0.3) is 0 Å². The second kappa shape index (κ2) is 9.28. The van der Waals surface area contributed by atoms with Gasteiger partial charge in [-0.2, -0.15) is 4.65 Å². The highest BCUT2D eigenvalue weighted by molar-refractivity contribution is 6.30. The first-order chi connectivity index (χ1) is 13.4. The summed E-state index contributed by atoms with van der Waals surface area (Å²) in [7, 11) is 0. The zero-order chi connectivity index (χ0) is 20.0. The van der Waals surface area contributed by atoms with Gasteiger partial charge in [-0.1, -0.05) is 11.6 Å². The molecule has 2 aromatic carbocycles. The lowest BCUT2D eigenvalue weighted by molar-refractivity contribution is -1.11. The predicted octanol–water partition coefficient (Wildman–Crippen LogP) is 4.74. The molecule has 1 aliphatic rings. The van der Waals surface area contributed by atoms with Crippen molar-refractivity contribution in [1.82, 2.24) is 0 Å². The summed E-state index contributed by atoms with van der Waals surface area (Å²) in [6.07, 6.45) is 2.30. The Morgan fingerprint density at radius 2 is 1.68 bits per heavy atom. The first-order valence-electron chi connectivity index (χ1n) is 9.42. The van der Waals surface area contributed by atoms with Crippen molar-refractivity contribution in [3.63, 3.8) is 0 Å². The molecule has 1 heterocycles. The van der Waals surface area contributed by atoms with E-state index in [4.69, 9.17) is 26.2 Å². The second-order valence-corrected chi connectivity index (χ2v) is 7.50. The first kappa shape index (κ1) is 20.5. The summed E-state index contributed by atoms with van der Waals surface area (Å²) in [5, 5.41) is 20.2. The summed E-state index contributed by atoms with van der Waals surface area (Å²) in [6, 6.07) is 14.4. The van der Waals surface area contributed by atoms with E-state index >= 15 is 0 Å². The van der Waals surface area contributed by atoms with Crippen molar-refractivity contribution in [1.29, 1.82) is 0 Å². The molecule has 0 bridgehead atoms. The Morgan fingerprint density at radius 3 is 2.32 bits per heavy atom. The van der Waals surface area contributed by atoms with Gasteiger partial charge in [-0.25, -0.2) is 5.21 Å². The van der Waals surface area contributed by atoms with Crippen LogP contribution in [0.4, 0.5) is 0 Å². The smallest absolute Gasteiger partial charge is 0.303 e. The van der Waals surface area contributed by atoms with Crippen molar-refractivity contribution in [2.24, 2.45) is 0 Å². The van der Waals surface area contributed by atoms with Crippen LogP contribution in [0, 0.1) is 0 Å². The number of carbonyl (C=O) groups is 1. The van der Waals surface area contributed by atoms with Crippen LogP contribution in [0.5, 0.6) is 17.2 Å². The minimum absolute atomic E-state index is 0.0428. The van der Waals surface area contributed by atoms with Crippen molar-refractivity contribution in [3.05, 3.63) is 53.6 Å². The average Bonchev–Trinajstić information content (AvgIpc) is 3.03. The highest BCUT2D eigenvalue weighted by atomic mass is 35.5. The predicted molar refractivity (Wildman–Crippen MR) is 105 cm³/mol. The Balaban J connectivity index is 1.51. The quantitative estimate of drug-likeness (QED) is 0.588. The number of halogens is 1. The highest BCUT2D eigenvalue weighted by Crippen LogP contribution is 2.28. The summed E-state index contributed by atoms with van der Waals surface area (Å²) in [5.74, 6) is 1.26. The number of hydroxylamine groups is 3. The number of rotatable bonds is 9. The van der Waals surface area contributed by atoms with Crippen molar-refractivity contribution in [3.8, 4) is 17.2 Å². The molecule has 150 valence electrons. The van der Waals surface area contributed by atoms with Crippen molar-refractivity contribution in [2.45, 2.75) is 31.7 Å².